The summed E-state index contributed by atoms with van der Waals surface area (Å²) in [6.45, 7) is 1.91. The first kappa shape index (κ1) is 10.0. The molecule has 4 nitrogen and oxygen atoms in total. The predicted molar refractivity (Wildman–Crippen MR) is 62.8 cm³/mol. The lowest BCUT2D eigenvalue weighted by Crippen LogP contribution is -2.05. The Morgan fingerprint density at radius 3 is 3.00 bits per heavy atom. The molecule has 0 N–H and O–H groups in total. The fourth-order valence-corrected chi connectivity index (χ4v) is 2.33. The maximum atomic E-state index is 9.22. The highest BCUT2D eigenvalue weighted by atomic mass is 15.1. The summed E-state index contributed by atoms with van der Waals surface area (Å²) in [7, 11) is 0. The van der Waals surface area contributed by atoms with Crippen molar-refractivity contribution in [2.45, 2.75) is 26.2 Å². The fraction of sp³-hybridized carbons (Fsp3) is 0.308. The molecule has 0 bridgehead atoms. The number of imidazole rings is 1. The van der Waals surface area contributed by atoms with E-state index in [1.165, 1.54) is 5.56 Å². The Hall–Kier alpha value is -2.15. The zero-order valence-electron chi connectivity index (χ0n) is 9.64. The first-order valence-corrected chi connectivity index (χ1v) is 5.73. The van der Waals surface area contributed by atoms with Gasteiger partial charge in [0.2, 0.25) is 0 Å². The van der Waals surface area contributed by atoms with E-state index < -0.39 is 0 Å². The molecule has 1 aliphatic rings. The summed E-state index contributed by atoms with van der Waals surface area (Å²) in [5.74, 6) is 1.56. The van der Waals surface area contributed by atoms with Crippen LogP contribution in [-0.2, 0) is 12.8 Å². The Kier molecular flexibility index (Phi) is 2.19. The van der Waals surface area contributed by atoms with Gasteiger partial charge >= 0.3 is 0 Å². The Labute approximate surface area is 99.6 Å². The molecule has 1 aliphatic carbocycles. The van der Waals surface area contributed by atoms with Gasteiger partial charge in [-0.15, -0.1) is 0 Å². The normalized spacial score (nSPS) is 13.4. The van der Waals surface area contributed by atoms with Crippen molar-refractivity contribution in [3.63, 3.8) is 0 Å². The quantitative estimate of drug-likeness (QED) is 0.743. The van der Waals surface area contributed by atoms with Crippen molar-refractivity contribution in [1.82, 2.24) is 14.5 Å². The minimum Gasteiger partial charge on any atom is -0.287 e. The summed E-state index contributed by atoms with van der Waals surface area (Å²) in [4.78, 5) is 8.80. The van der Waals surface area contributed by atoms with Crippen molar-refractivity contribution in [3.8, 4) is 11.9 Å². The molecule has 84 valence electrons. The number of aromatic nitrogens is 3. The van der Waals surface area contributed by atoms with E-state index >= 15 is 0 Å². The van der Waals surface area contributed by atoms with Crippen LogP contribution >= 0.6 is 0 Å². The number of pyridine rings is 1. The number of rotatable bonds is 1. The predicted octanol–water partition coefficient (Wildman–Crippen LogP) is 1.94. The number of nitriles is 1. The Morgan fingerprint density at radius 1 is 1.41 bits per heavy atom. The summed E-state index contributed by atoms with van der Waals surface area (Å²) < 4.78 is 1.87. The van der Waals surface area contributed by atoms with Crippen molar-refractivity contribution in [2.24, 2.45) is 0 Å². The lowest BCUT2D eigenvalue weighted by atomic mass is 10.1. The zero-order valence-corrected chi connectivity index (χ0v) is 9.64. The zero-order chi connectivity index (χ0) is 11.8. The van der Waals surface area contributed by atoms with Crippen LogP contribution in [0.15, 0.2) is 18.5 Å². The summed E-state index contributed by atoms with van der Waals surface area (Å²) in [6, 6.07) is 4.21. The number of aryl methyl sites for hydroxylation is 3. The molecular formula is C13H12N4. The van der Waals surface area contributed by atoms with Crippen LogP contribution in [-0.4, -0.2) is 14.5 Å². The lowest BCUT2D eigenvalue weighted by molar-refractivity contribution is 0.880. The average Bonchev–Trinajstić information content (AvgIpc) is 2.94. The summed E-state index contributed by atoms with van der Waals surface area (Å²) in [5, 5.41) is 9.22. The molecule has 0 radical (unpaired) electrons. The van der Waals surface area contributed by atoms with Crippen LogP contribution in [0.25, 0.3) is 5.82 Å². The van der Waals surface area contributed by atoms with Gasteiger partial charge < -0.3 is 0 Å². The van der Waals surface area contributed by atoms with E-state index in [4.69, 9.17) is 0 Å². The second-order valence-corrected chi connectivity index (χ2v) is 4.28. The van der Waals surface area contributed by atoms with Gasteiger partial charge in [-0.05, 0) is 37.8 Å². The minimum atomic E-state index is 0.631. The molecule has 3 rings (SSSR count). The van der Waals surface area contributed by atoms with Gasteiger partial charge in [0.1, 0.15) is 11.9 Å². The van der Waals surface area contributed by atoms with Crippen LogP contribution in [0.2, 0.25) is 0 Å². The fourth-order valence-electron chi connectivity index (χ4n) is 2.33. The largest absolute Gasteiger partial charge is 0.287 e. The first-order valence-electron chi connectivity index (χ1n) is 5.73. The van der Waals surface area contributed by atoms with Crippen LogP contribution in [0.1, 0.15) is 29.1 Å². The molecule has 0 aromatic carbocycles. The van der Waals surface area contributed by atoms with E-state index in [0.29, 0.717) is 11.4 Å². The third-order valence-corrected chi connectivity index (χ3v) is 3.21. The molecule has 0 spiro atoms. The topological polar surface area (TPSA) is 54.5 Å². The van der Waals surface area contributed by atoms with Crippen LogP contribution in [0.5, 0.6) is 0 Å². The number of hydrogen-bond acceptors (Lipinski definition) is 3. The summed E-state index contributed by atoms with van der Waals surface area (Å²) in [5.41, 5.74) is 2.99. The van der Waals surface area contributed by atoms with Crippen molar-refractivity contribution >= 4 is 0 Å². The molecule has 17 heavy (non-hydrogen) atoms. The highest BCUT2D eigenvalue weighted by Gasteiger charge is 2.17. The number of hydrogen-bond donors (Lipinski definition) is 0. The van der Waals surface area contributed by atoms with Crippen molar-refractivity contribution in [3.05, 3.63) is 41.1 Å². The van der Waals surface area contributed by atoms with Gasteiger partial charge in [0.25, 0.3) is 0 Å². The second-order valence-electron chi connectivity index (χ2n) is 4.28. The SMILES string of the molecule is Cc1nccn1-c1nc2c(cc1C#N)CCC2. The van der Waals surface area contributed by atoms with Gasteiger partial charge in [0, 0.05) is 18.1 Å². The molecule has 0 fully saturated rings. The van der Waals surface area contributed by atoms with Gasteiger partial charge in [-0.25, -0.2) is 9.97 Å². The van der Waals surface area contributed by atoms with E-state index in [0.717, 1.165) is 30.8 Å². The average molecular weight is 224 g/mol. The first-order chi connectivity index (χ1) is 8.29. The summed E-state index contributed by atoms with van der Waals surface area (Å²) in [6.07, 6.45) is 6.77. The maximum absolute atomic E-state index is 9.22. The van der Waals surface area contributed by atoms with E-state index in [2.05, 4.69) is 16.0 Å². The molecule has 0 saturated heterocycles. The Morgan fingerprint density at radius 2 is 2.29 bits per heavy atom. The van der Waals surface area contributed by atoms with Crippen LogP contribution in [0, 0.1) is 18.3 Å². The van der Waals surface area contributed by atoms with Crippen LogP contribution < -0.4 is 0 Å². The van der Waals surface area contributed by atoms with E-state index in [-0.39, 0.29) is 0 Å². The van der Waals surface area contributed by atoms with Crippen molar-refractivity contribution in [2.75, 3.05) is 0 Å². The Bertz CT molecular complexity index is 619. The molecule has 0 amide bonds. The van der Waals surface area contributed by atoms with E-state index in [1.54, 1.807) is 6.20 Å². The second kappa shape index (κ2) is 3.70. The smallest absolute Gasteiger partial charge is 0.156 e. The number of fused-ring (bicyclic) bond motifs is 1. The van der Waals surface area contributed by atoms with Crippen molar-refractivity contribution in [1.29, 1.82) is 5.26 Å². The Balaban J connectivity index is 2.23. The van der Waals surface area contributed by atoms with Gasteiger partial charge in [0.15, 0.2) is 5.82 Å². The molecule has 2 aromatic rings. The van der Waals surface area contributed by atoms with Crippen molar-refractivity contribution < 1.29 is 0 Å². The third-order valence-electron chi connectivity index (χ3n) is 3.21. The molecule has 0 saturated carbocycles. The molecule has 4 heteroatoms. The number of nitrogens with zero attached hydrogens (tertiary/aromatic N) is 4. The molecule has 2 aromatic heterocycles. The van der Waals surface area contributed by atoms with Crippen LogP contribution in [0.3, 0.4) is 0 Å². The maximum Gasteiger partial charge on any atom is 0.156 e. The molecule has 0 aliphatic heterocycles. The molecular weight excluding hydrogens is 212 g/mol. The molecule has 2 heterocycles. The van der Waals surface area contributed by atoms with Crippen LogP contribution in [0.4, 0.5) is 0 Å². The lowest BCUT2D eigenvalue weighted by Gasteiger charge is -2.08. The molecule has 0 unspecified atom stereocenters. The van der Waals surface area contributed by atoms with Gasteiger partial charge in [-0.3, -0.25) is 4.57 Å². The van der Waals surface area contributed by atoms with E-state index in [1.807, 2.05) is 23.8 Å². The van der Waals surface area contributed by atoms with Gasteiger partial charge in [-0.1, -0.05) is 0 Å². The van der Waals surface area contributed by atoms with Gasteiger partial charge in [0.05, 0.1) is 5.56 Å². The van der Waals surface area contributed by atoms with Gasteiger partial charge in [-0.2, -0.15) is 5.26 Å². The minimum absolute atomic E-state index is 0.631. The highest BCUT2D eigenvalue weighted by molar-refractivity contribution is 5.48. The monoisotopic (exact) mass is 224 g/mol. The highest BCUT2D eigenvalue weighted by Crippen LogP contribution is 2.24. The standard InChI is InChI=1S/C13H12N4/c1-9-15-5-6-17(9)13-11(8-14)7-10-3-2-4-12(10)16-13/h5-7H,2-4H2,1H3. The van der Waals surface area contributed by atoms with E-state index in [9.17, 15) is 5.26 Å². The third kappa shape index (κ3) is 1.51. The summed E-state index contributed by atoms with van der Waals surface area (Å²) >= 11 is 0. The molecule has 0 atom stereocenters.